The van der Waals surface area contributed by atoms with Crippen LogP contribution in [0.2, 0.25) is 0 Å². The Hall–Kier alpha value is -3.36. The van der Waals surface area contributed by atoms with Gasteiger partial charge in [-0.2, -0.15) is 0 Å². The molecule has 0 spiro atoms. The van der Waals surface area contributed by atoms with Crippen molar-refractivity contribution in [1.82, 2.24) is 15.6 Å². The molecular formula is C20H21F2N3O4. The number of carbonyl (C=O) groups excluding carboxylic acids is 2. The Morgan fingerprint density at radius 2 is 1.72 bits per heavy atom. The number of carboxylic acid groups (broad SMARTS) is 1. The van der Waals surface area contributed by atoms with E-state index in [2.05, 4.69) is 15.6 Å². The van der Waals surface area contributed by atoms with Crippen LogP contribution in [0.3, 0.4) is 0 Å². The highest BCUT2D eigenvalue weighted by Crippen LogP contribution is 2.27. The number of aliphatic carboxylic acids is 1. The molecule has 0 aliphatic heterocycles. The van der Waals surface area contributed by atoms with Crippen LogP contribution in [0.25, 0.3) is 0 Å². The summed E-state index contributed by atoms with van der Waals surface area (Å²) in [5.74, 6) is -4.22. The van der Waals surface area contributed by atoms with Gasteiger partial charge in [-0.15, -0.1) is 0 Å². The van der Waals surface area contributed by atoms with Crippen LogP contribution in [0, 0.1) is 11.6 Å². The maximum absolute atomic E-state index is 14.2. The van der Waals surface area contributed by atoms with Crippen LogP contribution in [0.1, 0.15) is 43.9 Å². The van der Waals surface area contributed by atoms with Gasteiger partial charge in [0.15, 0.2) is 0 Å². The number of hydrogen-bond donors (Lipinski definition) is 3. The second-order valence-electron chi connectivity index (χ2n) is 6.78. The monoisotopic (exact) mass is 405 g/mol. The Bertz CT molecular complexity index is 888. The van der Waals surface area contributed by atoms with Crippen LogP contribution in [0.4, 0.5) is 8.78 Å². The fourth-order valence-corrected chi connectivity index (χ4v) is 3.10. The minimum atomic E-state index is -1.29. The Kier molecular flexibility index (Phi) is 6.98. The third-order valence-corrected chi connectivity index (χ3v) is 4.35. The number of carbonyl (C=O) groups is 3. The lowest BCUT2D eigenvalue weighted by Crippen LogP contribution is -2.46. The van der Waals surface area contributed by atoms with Crippen molar-refractivity contribution < 1.29 is 28.3 Å². The summed E-state index contributed by atoms with van der Waals surface area (Å²) in [6, 6.07) is 5.08. The third-order valence-electron chi connectivity index (χ3n) is 4.35. The van der Waals surface area contributed by atoms with Gasteiger partial charge in [-0.05, 0) is 36.8 Å². The summed E-state index contributed by atoms with van der Waals surface area (Å²) in [7, 11) is 0. The zero-order chi connectivity index (χ0) is 21.6. The molecule has 9 heteroatoms. The molecule has 3 N–H and O–H groups in total. The molecule has 2 unspecified atom stereocenters. The largest absolute Gasteiger partial charge is 0.481 e. The number of aromatic nitrogens is 1. The fourth-order valence-electron chi connectivity index (χ4n) is 3.10. The van der Waals surface area contributed by atoms with E-state index in [9.17, 15) is 28.3 Å². The van der Waals surface area contributed by atoms with Gasteiger partial charge in [0.2, 0.25) is 11.8 Å². The summed E-state index contributed by atoms with van der Waals surface area (Å²) in [4.78, 5) is 39.4. The van der Waals surface area contributed by atoms with Gasteiger partial charge < -0.3 is 15.7 Å². The van der Waals surface area contributed by atoms with Crippen LogP contribution < -0.4 is 10.6 Å². The number of nitrogens with one attached hydrogen (secondary N) is 2. The third kappa shape index (κ3) is 5.81. The molecule has 2 amide bonds. The van der Waals surface area contributed by atoms with Crippen LogP contribution in [-0.2, 0) is 19.9 Å². The summed E-state index contributed by atoms with van der Waals surface area (Å²) in [5, 5.41) is 14.2. The first-order valence-electron chi connectivity index (χ1n) is 8.76. The average Bonchev–Trinajstić information content (AvgIpc) is 2.60. The normalized spacial score (nSPS) is 13.8. The summed E-state index contributed by atoms with van der Waals surface area (Å²) in [5.41, 5.74) is -1.24. The fraction of sp³-hybridized carbons (Fsp3) is 0.300. The molecule has 154 valence electrons. The number of benzene rings is 1. The maximum atomic E-state index is 14.2. The topological polar surface area (TPSA) is 108 Å². The molecule has 0 fully saturated rings. The molecular weight excluding hydrogens is 384 g/mol. The minimum Gasteiger partial charge on any atom is -0.481 e. The SMILES string of the molecule is CC(=O)NC(CC(=O)NC(C)(CC(=O)O)c1ccncc1)c1c(F)cccc1F. The lowest BCUT2D eigenvalue weighted by Gasteiger charge is -2.31. The van der Waals surface area contributed by atoms with E-state index in [0.717, 1.165) is 19.1 Å². The van der Waals surface area contributed by atoms with Crippen LogP contribution in [0.5, 0.6) is 0 Å². The number of rotatable bonds is 8. The first-order chi connectivity index (χ1) is 13.6. The molecule has 7 nitrogen and oxygen atoms in total. The predicted octanol–water partition coefficient (Wildman–Crippen LogP) is 2.43. The van der Waals surface area contributed by atoms with Crippen LogP contribution in [-0.4, -0.2) is 27.9 Å². The molecule has 0 bridgehead atoms. The van der Waals surface area contributed by atoms with Gasteiger partial charge in [-0.25, -0.2) is 8.78 Å². The molecule has 0 aliphatic rings. The van der Waals surface area contributed by atoms with Crippen molar-refractivity contribution in [3.63, 3.8) is 0 Å². The van der Waals surface area contributed by atoms with Gasteiger partial charge in [0, 0.05) is 24.9 Å². The number of hydrogen-bond acceptors (Lipinski definition) is 4. The summed E-state index contributed by atoms with van der Waals surface area (Å²) in [6.07, 6.45) is 1.99. The first-order valence-corrected chi connectivity index (χ1v) is 8.76. The number of amides is 2. The van der Waals surface area contributed by atoms with Crippen molar-refractivity contribution in [2.24, 2.45) is 0 Å². The van der Waals surface area contributed by atoms with Gasteiger partial charge in [0.1, 0.15) is 11.6 Å². The van der Waals surface area contributed by atoms with E-state index < -0.39 is 59.4 Å². The van der Waals surface area contributed by atoms with E-state index >= 15 is 0 Å². The van der Waals surface area contributed by atoms with Crippen molar-refractivity contribution in [2.45, 2.75) is 38.3 Å². The van der Waals surface area contributed by atoms with Gasteiger partial charge in [0.25, 0.3) is 0 Å². The van der Waals surface area contributed by atoms with E-state index in [1.54, 1.807) is 12.1 Å². The maximum Gasteiger partial charge on any atom is 0.306 e. The molecule has 2 rings (SSSR count). The summed E-state index contributed by atoms with van der Waals surface area (Å²) < 4.78 is 28.3. The van der Waals surface area contributed by atoms with E-state index in [1.165, 1.54) is 25.4 Å². The molecule has 1 aromatic heterocycles. The van der Waals surface area contributed by atoms with E-state index in [-0.39, 0.29) is 0 Å². The average molecular weight is 405 g/mol. The van der Waals surface area contributed by atoms with Crippen molar-refractivity contribution >= 4 is 17.8 Å². The number of pyridine rings is 1. The Morgan fingerprint density at radius 3 is 2.24 bits per heavy atom. The lowest BCUT2D eigenvalue weighted by atomic mass is 9.88. The second kappa shape index (κ2) is 9.22. The Morgan fingerprint density at radius 1 is 1.14 bits per heavy atom. The molecule has 0 aliphatic carbocycles. The minimum absolute atomic E-state index is 0.429. The second-order valence-corrected chi connectivity index (χ2v) is 6.78. The Labute approximate surface area is 166 Å². The van der Waals surface area contributed by atoms with E-state index in [1.807, 2.05) is 0 Å². The van der Waals surface area contributed by atoms with Crippen molar-refractivity contribution in [3.8, 4) is 0 Å². The van der Waals surface area contributed by atoms with Crippen molar-refractivity contribution in [1.29, 1.82) is 0 Å². The number of carboxylic acids is 1. The summed E-state index contributed by atoms with van der Waals surface area (Å²) in [6.45, 7) is 2.68. The molecule has 1 heterocycles. The van der Waals surface area contributed by atoms with Crippen molar-refractivity contribution in [2.75, 3.05) is 0 Å². The first kappa shape index (κ1) is 21.9. The standard InChI is InChI=1S/C20H21F2N3O4/c1-12(26)24-16(19-14(21)4-3-5-15(19)22)10-17(27)25-20(2,11-18(28)29)13-6-8-23-9-7-13/h3-9,16H,10-11H2,1-2H3,(H,24,26)(H,25,27)(H,28,29). The quantitative estimate of drug-likeness (QED) is 0.625. The molecule has 0 radical (unpaired) electrons. The zero-order valence-electron chi connectivity index (χ0n) is 15.9. The highest BCUT2D eigenvalue weighted by molar-refractivity contribution is 5.81. The van der Waals surface area contributed by atoms with E-state index in [4.69, 9.17) is 0 Å². The molecule has 0 saturated carbocycles. The lowest BCUT2D eigenvalue weighted by molar-refractivity contribution is -0.139. The molecule has 2 aromatic rings. The van der Waals surface area contributed by atoms with E-state index in [0.29, 0.717) is 5.56 Å². The molecule has 2 atom stereocenters. The smallest absolute Gasteiger partial charge is 0.306 e. The Balaban J connectivity index is 2.30. The van der Waals surface area contributed by atoms with Gasteiger partial charge >= 0.3 is 5.97 Å². The van der Waals surface area contributed by atoms with Gasteiger partial charge in [-0.1, -0.05) is 6.07 Å². The molecule has 1 aromatic carbocycles. The van der Waals surface area contributed by atoms with Gasteiger partial charge in [-0.3, -0.25) is 19.4 Å². The van der Waals surface area contributed by atoms with Crippen LogP contribution >= 0.6 is 0 Å². The predicted molar refractivity (Wildman–Crippen MR) is 99.5 cm³/mol. The zero-order valence-corrected chi connectivity index (χ0v) is 15.9. The highest BCUT2D eigenvalue weighted by atomic mass is 19.1. The highest BCUT2D eigenvalue weighted by Gasteiger charge is 2.33. The number of nitrogens with zero attached hydrogens (tertiary/aromatic N) is 1. The molecule has 0 saturated heterocycles. The van der Waals surface area contributed by atoms with Crippen molar-refractivity contribution in [3.05, 3.63) is 65.5 Å². The van der Waals surface area contributed by atoms with Gasteiger partial charge in [0.05, 0.1) is 24.4 Å². The summed E-state index contributed by atoms with van der Waals surface area (Å²) >= 11 is 0. The molecule has 29 heavy (non-hydrogen) atoms. The van der Waals surface area contributed by atoms with Crippen LogP contribution in [0.15, 0.2) is 42.7 Å². The number of halogens is 2.